The van der Waals surface area contributed by atoms with Crippen molar-refractivity contribution >= 4 is 16.7 Å². The van der Waals surface area contributed by atoms with Crippen LogP contribution in [0.3, 0.4) is 0 Å². The van der Waals surface area contributed by atoms with Crippen LogP contribution in [-0.4, -0.2) is 38.1 Å². The van der Waals surface area contributed by atoms with Gasteiger partial charge in [-0.15, -0.1) is 0 Å². The van der Waals surface area contributed by atoms with Crippen LogP contribution in [0.5, 0.6) is 5.75 Å². The zero-order valence-electron chi connectivity index (χ0n) is 18.1. The van der Waals surface area contributed by atoms with Crippen LogP contribution in [0.1, 0.15) is 28.7 Å². The second-order valence-electron chi connectivity index (χ2n) is 7.91. The molecule has 0 saturated carbocycles. The van der Waals surface area contributed by atoms with Crippen molar-refractivity contribution in [2.24, 2.45) is 0 Å². The summed E-state index contributed by atoms with van der Waals surface area (Å²) in [4.78, 5) is 32.4. The van der Waals surface area contributed by atoms with E-state index in [0.29, 0.717) is 37.6 Å². The van der Waals surface area contributed by atoms with Gasteiger partial charge in [0.25, 0.3) is 11.5 Å². The number of rotatable bonds is 5. The second-order valence-corrected chi connectivity index (χ2v) is 7.91. The van der Waals surface area contributed by atoms with Crippen LogP contribution in [-0.2, 0) is 13.1 Å². The van der Waals surface area contributed by atoms with E-state index in [4.69, 9.17) is 4.74 Å². The van der Waals surface area contributed by atoms with Gasteiger partial charge in [-0.1, -0.05) is 30.3 Å². The lowest BCUT2D eigenvalue weighted by atomic mass is 10.0. The number of carbonyl (C=O) groups excluding carboxylic acids is 1. The molecule has 0 aliphatic carbocycles. The first-order valence-electron chi connectivity index (χ1n) is 10.7. The molecule has 1 aliphatic heterocycles. The number of imidazole rings is 1. The Morgan fingerprint density at radius 1 is 1.03 bits per heavy atom. The first-order chi connectivity index (χ1) is 15.6. The zero-order chi connectivity index (χ0) is 22.2. The molecule has 3 heterocycles. The van der Waals surface area contributed by atoms with Gasteiger partial charge in [0.15, 0.2) is 0 Å². The molecule has 1 amide bonds. The van der Waals surface area contributed by atoms with Gasteiger partial charge in [-0.05, 0) is 42.8 Å². The Kier molecular flexibility index (Phi) is 5.01. The quantitative estimate of drug-likeness (QED) is 0.488. The average Bonchev–Trinajstić information content (AvgIpc) is 3.23. The monoisotopic (exact) mass is 428 g/mol. The third-order valence-electron chi connectivity index (χ3n) is 5.89. The van der Waals surface area contributed by atoms with E-state index in [2.05, 4.69) is 17.1 Å². The molecule has 162 valence electrons. The summed E-state index contributed by atoms with van der Waals surface area (Å²) in [6.45, 7) is 5.69. The molecule has 1 aliphatic rings. The van der Waals surface area contributed by atoms with Crippen molar-refractivity contribution in [1.29, 1.82) is 0 Å². The number of aromatic nitrogens is 3. The van der Waals surface area contributed by atoms with Gasteiger partial charge in [0.1, 0.15) is 17.1 Å². The largest absolute Gasteiger partial charge is 0.494 e. The van der Waals surface area contributed by atoms with E-state index in [-0.39, 0.29) is 11.5 Å². The minimum absolute atomic E-state index is 0.155. The molecule has 0 radical (unpaired) electrons. The SMILES string of the molecule is CCOc1ccc2ccccc2c1CN1CCn2c(ccc(-n3cnc(C)c3)c2=O)C1=O. The molecule has 0 fully saturated rings. The molecule has 0 saturated heterocycles. The standard InChI is InChI=1S/C25H24N4O3/c1-3-32-23-11-8-18-6-4-5-7-19(18)20(23)15-27-12-13-29-22(24(27)30)10-9-21(25(29)31)28-14-17(2)26-16-28/h4-11,14,16H,3,12-13,15H2,1-2H3. The Bertz CT molecular complexity index is 1390. The fraction of sp³-hybridized carbons (Fsp3) is 0.240. The highest BCUT2D eigenvalue weighted by atomic mass is 16.5. The number of hydrogen-bond donors (Lipinski definition) is 0. The first kappa shape index (κ1) is 20.1. The Morgan fingerprint density at radius 2 is 1.88 bits per heavy atom. The Labute approximate surface area is 185 Å². The molecule has 32 heavy (non-hydrogen) atoms. The van der Waals surface area contributed by atoms with Gasteiger partial charge in [-0.3, -0.25) is 9.59 Å². The van der Waals surface area contributed by atoms with Crippen molar-refractivity contribution < 1.29 is 9.53 Å². The highest BCUT2D eigenvalue weighted by Crippen LogP contribution is 2.30. The summed E-state index contributed by atoms with van der Waals surface area (Å²) < 4.78 is 9.14. The van der Waals surface area contributed by atoms with Gasteiger partial charge in [-0.25, -0.2) is 4.98 Å². The molecule has 7 heteroatoms. The molecule has 0 N–H and O–H groups in total. The number of hydrogen-bond acceptors (Lipinski definition) is 4. The van der Waals surface area contributed by atoms with E-state index < -0.39 is 0 Å². The molecule has 4 aromatic rings. The minimum atomic E-state index is -0.187. The third-order valence-corrected chi connectivity index (χ3v) is 5.89. The maximum atomic E-state index is 13.3. The molecule has 5 rings (SSSR count). The third kappa shape index (κ3) is 3.36. The molecule has 0 bridgehead atoms. The molecule has 7 nitrogen and oxygen atoms in total. The molecule has 2 aromatic carbocycles. The van der Waals surface area contributed by atoms with Crippen LogP contribution in [0.4, 0.5) is 0 Å². The number of fused-ring (bicyclic) bond motifs is 2. The molecular weight excluding hydrogens is 404 g/mol. The number of carbonyl (C=O) groups is 1. The van der Waals surface area contributed by atoms with E-state index in [1.165, 1.54) is 0 Å². The first-order valence-corrected chi connectivity index (χ1v) is 10.7. The summed E-state index contributed by atoms with van der Waals surface area (Å²) in [5.74, 6) is 0.630. The summed E-state index contributed by atoms with van der Waals surface area (Å²) in [6, 6.07) is 15.5. The zero-order valence-corrected chi connectivity index (χ0v) is 18.1. The predicted octanol–water partition coefficient (Wildman–Crippen LogP) is 3.55. The van der Waals surface area contributed by atoms with Crippen LogP contribution in [0.15, 0.2) is 65.8 Å². The molecule has 0 unspecified atom stereocenters. The summed E-state index contributed by atoms with van der Waals surface area (Å²) in [5, 5.41) is 2.17. The van der Waals surface area contributed by atoms with Gasteiger partial charge < -0.3 is 18.8 Å². The van der Waals surface area contributed by atoms with Crippen LogP contribution < -0.4 is 10.3 Å². The Balaban J connectivity index is 1.50. The summed E-state index contributed by atoms with van der Waals surface area (Å²) in [7, 11) is 0. The van der Waals surface area contributed by atoms with Gasteiger partial charge in [0, 0.05) is 24.8 Å². The van der Waals surface area contributed by atoms with Crippen LogP contribution in [0, 0.1) is 6.92 Å². The van der Waals surface area contributed by atoms with Gasteiger partial charge in [0.2, 0.25) is 0 Å². The average molecular weight is 428 g/mol. The fourth-order valence-corrected chi connectivity index (χ4v) is 4.32. The van der Waals surface area contributed by atoms with Crippen molar-refractivity contribution in [3.05, 3.63) is 88.4 Å². The number of amides is 1. The molecule has 0 atom stereocenters. The van der Waals surface area contributed by atoms with Gasteiger partial charge in [0.05, 0.1) is 25.2 Å². The number of ether oxygens (including phenoxy) is 1. The van der Waals surface area contributed by atoms with E-state index in [1.54, 1.807) is 38.7 Å². The van der Waals surface area contributed by atoms with Crippen LogP contribution in [0.2, 0.25) is 0 Å². The number of benzene rings is 2. The van der Waals surface area contributed by atoms with Crippen molar-refractivity contribution in [3.63, 3.8) is 0 Å². The van der Waals surface area contributed by atoms with Crippen molar-refractivity contribution in [1.82, 2.24) is 19.0 Å². The lowest BCUT2D eigenvalue weighted by Gasteiger charge is -2.30. The van der Waals surface area contributed by atoms with E-state index in [9.17, 15) is 9.59 Å². The number of pyridine rings is 1. The van der Waals surface area contributed by atoms with Crippen molar-refractivity contribution in [2.45, 2.75) is 26.9 Å². The lowest BCUT2D eigenvalue weighted by Crippen LogP contribution is -2.44. The van der Waals surface area contributed by atoms with Gasteiger partial charge in [-0.2, -0.15) is 0 Å². The van der Waals surface area contributed by atoms with Gasteiger partial charge >= 0.3 is 0 Å². The second kappa shape index (κ2) is 8.00. The van der Waals surface area contributed by atoms with Crippen LogP contribution >= 0.6 is 0 Å². The lowest BCUT2D eigenvalue weighted by molar-refractivity contribution is 0.0686. The highest BCUT2D eigenvalue weighted by Gasteiger charge is 2.27. The smallest absolute Gasteiger partial charge is 0.275 e. The van der Waals surface area contributed by atoms with Crippen LogP contribution in [0.25, 0.3) is 16.5 Å². The molecular formula is C25H24N4O3. The maximum Gasteiger partial charge on any atom is 0.275 e. The Morgan fingerprint density at radius 3 is 2.66 bits per heavy atom. The fourth-order valence-electron chi connectivity index (χ4n) is 4.32. The minimum Gasteiger partial charge on any atom is -0.494 e. The topological polar surface area (TPSA) is 69.4 Å². The summed E-state index contributed by atoms with van der Waals surface area (Å²) in [5.41, 5.74) is 2.52. The maximum absolute atomic E-state index is 13.3. The molecule has 2 aromatic heterocycles. The van der Waals surface area contributed by atoms with Crippen molar-refractivity contribution in [2.75, 3.05) is 13.2 Å². The molecule has 0 spiro atoms. The predicted molar refractivity (Wildman–Crippen MR) is 122 cm³/mol. The number of nitrogens with zero attached hydrogens (tertiary/aromatic N) is 4. The van der Waals surface area contributed by atoms with E-state index in [1.807, 2.05) is 38.1 Å². The Hall–Kier alpha value is -3.87. The summed E-state index contributed by atoms with van der Waals surface area (Å²) >= 11 is 0. The summed E-state index contributed by atoms with van der Waals surface area (Å²) in [6.07, 6.45) is 3.42. The normalized spacial score (nSPS) is 13.4. The van der Waals surface area contributed by atoms with E-state index in [0.717, 1.165) is 27.8 Å². The number of aryl methyl sites for hydroxylation is 1. The van der Waals surface area contributed by atoms with Crippen molar-refractivity contribution in [3.8, 4) is 11.4 Å². The highest BCUT2D eigenvalue weighted by molar-refractivity contribution is 5.94. The van der Waals surface area contributed by atoms with E-state index >= 15 is 0 Å².